The van der Waals surface area contributed by atoms with E-state index in [1.165, 1.54) is 0 Å². The molecule has 2 aromatic carbocycles. The van der Waals surface area contributed by atoms with Crippen LogP contribution >= 0.6 is 0 Å². The fourth-order valence-electron chi connectivity index (χ4n) is 4.13. The van der Waals surface area contributed by atoms with Gasteiger partial charge in [-0.1, -0.05) is 6.07 Å². The minimum absolute atomic E-state index is 0.204. The second kappa shape index (κ2) is 9.94. The highest BCUT2D eigenvalue weighted by atomic mass is 19.2. The lowest BCUT2D eigenvalue weighted by Gasteiger charge is -2.19. The summed E-state index contributed by atoms with van der Waals surface area (Å²) in [6.07, 6.45) is 4.26. The van der Waals surface area contributed by atoms with Gasteiger partial charge in [0.25, 0.3) is 0 Å². The van der Waals surface area contributed by atoms with Crippen molar-refractivity contribution >= 4 is 23.3 Å². The van der Waals surface area contributed by atoms with Gasteiger partial charge in [-0.15, -0.1) is 0 Å². The number of primary amides is 1. The lowest BCUT2D eigenvalue weighted by molar-refractivity contribution is -0.119. The zero-order valence-corrected chi connectivity index (χ0v) is 18.3. The van der Waals surface area contributed by atoms with E-state index >= 15 is 0 Å². The normalized spacial score (nSPS) is 14.3. The molecule has 1 aromatic heterocycles. The Balaban J connectivity index is 0.000000398. The first-order valence-corrected chi connectivity index (χ1v) is 10.9. The minimum Gasteiger partial charge on any atom is -0.366 e. The highest BCUT2D eigenvalue weighted by Crippen LogP contribution is 2.35. The fraction of sp³-hybridized carbons (Fsp3) is 0.240. The summed E-state index contributed by atoms with van der Waals surface area (Å²) in [5.41, 5.74) is 8.79. The van der Waals surface area contributed by atoms with Crippen molar-refractivity contribution in [3.63, 3.8) is 0 Å². The summed E-state index contributed by atoms with van der Waals surface area (Å²) in [6.45, 7) is 1.52. The minimum atomic E-state index is -1.47. The fourth-order valence-corrected chi connectivity index (χ4v) is 4.13. The standard InChI is InChI=1S/C21H16F3N3O.C4H7NO/c22-16-9-13(10-17(23)20(16)24)8-12-4-6-26-19(11-12)27-7-5-14-15(21(25)28)2-1-3-18(14)27;6-4-2-1-3-5-4/h1-4,6,9-11H,5,7-8H2,(H2,25,28);1-3H2,(H,5,6). The maximum Gasteiger partial charge on any atom is 0.249 e. The van der Waals surface area contributed by atoms with Crippen LogP contribution in [-0.2, 0) is 17.6 Å². The largest absolute Gasteiger partial charge is 0.366 e. The number of nitrogens with two attached hydrogens (primary N) is 1. The molecule has 176 valence electrons. The summed E-state index contributed by atoms with van der Waals surface area (Å²) in [7, 11) is 0. The summed E-state index contributed by atoms with van der Waals surface area (Å²) in [4.78, 5) is 28.1. The Labute approximate surface area is 194 Å². The van der Waals surface area contributed by atoms with Gasteiger partial charge in [0.1, 0.15) is 5.82 Å². The molecule has 3 N–H and O–H groups in total. The van der Waals surface area contributed by atoms with Crippen LogP contribution in [0.3, 0.4) is 0 Å². The molecular formula is C25H23F3N4O2. The quantitative estimate of drug-likeness (QED) is 0.571. The van der Waals surface area contributed by atoms with Gasteiger partial charge in [0.15, 0.2) is 17.5 Å². The van der Waals surface area contributed by atoms with Gasteiger partial charge >= 0.3 is 0 Å². The highest BCUT2D eigenvalue weighted by Gasteiger charge is 2.25. The molecule has 1 fully saturated rings. The van der Waals surface area contributed by atoms with Crippen LogP contribution in [0.25, 0.3) is 0 Å². The molecule has 2 aliphatic rings. The molecule has 0 spiro atoms. The van der Waals surface area contributed by atoms with Crippen molar-refractivity contribution in [1.29, 1.82) is 0 Å². The number of anilines is 2. The van der Waals surface area contributed by atoms with Crippen molar-refractivity contribution in [3.05, 3.63) is 88.4 Å². The molecule has 2 amide bonds. The number of fused-ring (bicyclic) bond motifs is 1. The first kappa shape index (κ1) is 23.3. The molecule has 0 unspecified atom stereocenters. The van der Waals surface area contributed by atoms with Crippen molar-refractivity contribution in [3.8, 4) is 0 Å². The van der Waals surface area contributed by atoms with Crippen LogP contribution in [0.4, 0.5) is 24.7 Å². The van der Waals surface area contributed by atoms with Crippen molar-refractivity contribution in [2.75, 3.05) is 18.0 Å². The van der Waals surface area contributed by atoms with E-state index in [2.05, 4.69) is 10.3 Å². The third-order valence-electron chi connectivity index (χ3n) is 5.73. The number of hydrogen-bond acceptors (Lipinski definition) is 4. The van der Waals surface area contributed by atoms with Gasteiger partial charge in [-0.05, 0) is 72.4 Å². The molecule has 0 atom stereocenters. The Bertz CT molecular complexity index is 1220. The summed E-state index contributed by atoms with van der Waals surface area (Å²) in [6, 6.07) is 10.9. The zero-order chi connectivity index (χ0) is 24.2. The number of amides is 2. The van der Waals surface area contributed by atoms with Crippen LogP contribution in [0.5, 0.6) is 0 Å². The predicted molar refractivity (Wildman–Crippen MR) is 121 cm³/mol. The Morgan fingerprint density at radius 3 is 2.44 bits per heavy atom. The monoisotopic (exact) mass is 468 g/mol. The topological polar surface area (TPSA) is 88.3 Å². The molecule has 6 nitrogen and oxygen atoms in total. The molecule has 0 aliphatic carbocycles. The molecular weight excluding hydrogens is 445 g/mol. The average molecular weight is 468 g/mol. The number of hydrogen-bond donors (Lipinski definition) is 2. The van der Waals surface area contributed by atoms with Gasteiger partial charge < -0.3 is 16.0 Å². The van der Waals surface area contributed by atoms with Crippen molar-refractivity contribution in [2.45, 2.75) is 25.7 Å². The number of nitrogens with zero attached hydrogens (tertiary/aromatic N) is 2. The smallest absolute Gasteiger partial charge is 0.249 e. The van der Waals surface area contributed by atoms with E-state index in [-0.39, 0.29) is 12.3 Å². The number of aromatic nitrogens is 1. The number of pyridine rings is 1. The lowest BCUT2D eigenvalue weighted by atomic mass is 10.0. The number of halogens is 3. The molecule has 2 aliphatic heterocycles. The maximum absolute atomic E-state index is 13.5. The zero-order valence-electron chi connectivity index (χ0n) is 18.3. The lowest BCUT2D eigenvalue weighted by Crippen LogP contribution is -2.15. The van der Waals surface area contributed by atoms with Crippen LogP contribution in [-0.4, -0.2) is 29.9 Å². The summed E-state index contributed by atoms with van der Waals surface area (Å²) >= 11 is 0. The van der Waals surface area contributed by atoms with Crippen molar-refractivity contribution < 1.29 is 22.8 Å². The number of rotatable bonds is 4. The van der Waals surface area contributed by atoms with Crippen LogP contribution in [0.2, 0.25) is 0 Å². The molecule has 0 saturated carbocycles. The molecule has 3 heterocycles. The molecule has 34 heavy (non-hydrogen) atoms. The number of carbonyl (C=O) groups excluding carboxylic acids is 2. The third kappa shape index (κ3) is 5.03. The van der Waals surface area contributed by atoms with Gasteiger partial charge in [-0.25, -0.2) is 18.2 Å². The van der Waals surface area contributed by atoms with E-state index in [4.69, 9.17) is 5.73 Å². The predicted octanol–water partition coefficient (Wildman–Crippen LogP) is 3.78. The van der Waals surface area contributed by atoms with E-state index in [0.29, 0.717) is 29.9 Å². The Morgan fingerprint density at radius 1 is 1.06 bits per heavy atom. The summed E-state index contributed by atoms with van der Waals surface area (Å²) in [5.74, 6) is -3.51. The van der Waals surface area contributed by atoms with E-state index in [1.807, 2.05) is 17.0 Å². The number of carbonyl (C=O) groups is 2. The van der Waals surface area contributed by atoms with E-state index in [9.17, 15) is 22.8 Å². The molecule has 5 rings (SSSR count). The van der Waals surface area contributed by atoms with Gasteiger partial charge in [-0.3, -0.25) is 9.59 Å². The third-order valence-corrected chi connectivity index (χ3v) is 5.73. The molecule has 3 aromatic rings. The second-order valence-corrected chi connectivity index (χ2v) is 8.10. The van der Waals surface area contributed by atoms with Crippen LogP contribution in [0.15, 0.2) is 48.7 Å². The van der Waals surface area contributed by atoms with E-state index in [0.717, 1.165) is 48.3 Å². The molecule has 1 saturated heterocycles. The first-order valence-electron chi connectivity index (χ1n) is 10.9. The van der Waals surface area contributed by atoms with Crippen LogP contribution in [0, 0.1) is 17.5 Å². The average Bonchev–Trinajstić information content (AvgIpc) is 3.47. The van der Waals surface area contributed by atoms with Gasteiger partial charge in [0.2, 0.25) is 11.8 Å². The Kier molecular flexibility index (Phi) is 6.81. The SMILES string of the molecule is NC(=O)c1cccc2c1CCN2c1cc(Cc2cc(F)c(F)c(F)c2)ccn1.O=C1CCCN1. The maximum atomic E-state index is 13.5. The Morgan fingerprint density at radius 2 is 1.82 bits per heavy atom. The van der Waals surface area contributed by atoms with Crippen LogP contribution < -0.4 is 16.0 Å². The highest BCUT2D eigenvalue weighted by molar-refractivity contribution is 5.96. The van der Waals surface area contributed by atoms with Crippen molar-refractivity contribution in [2.24, 2.45) is 5.73 Å². The molecule has 0 bridgehead atoms. The van der Waals surface area contributed by atoms with Gasteiger partial charge in [0.05, 0.1) is 0 Å². The first-order chi connectivity index (χ1) is 16.3. The van der Waals surface area contributed by atoms with Gasteiger partial charge in [-0.2, -0.15) is 0 Å². The second-order valence-electron chi connectivity index (χ2n) is 8.10. The van der Waals surface area contributed by atoms with E-state index in [1.54, 1.807) is 24.4 Å². The molecule has 9 heteroatoms. The summed E-state index contributed by atoms with van der Waals surface area (Å²) < 4.78 is 40.1. The van der Waals surface area contributed by atoms with E-state index < -0.39 is 23.4 Å². The Hall–Kier alpha value is -3.88. The van der Waals surface area contributed by atoms with Gasteiger partial charge in [0, 0.05) is 37.0 Å². The van der Waals surface area contributed by atoms with Crippen molar-refractivity contribution in [1.82, 2.24) is 10.3 Å². The summed E-state index contributed by atoms with van der Waals surface area (Å²) in [5, 5.41) is 2.68. The number of benzene rings is 2. The molecule has 0 radical (unpaired) electrons. The van der Waals surface area contributed by atoms with Crippen LogP contribution in [0.1, 0.15) is 39.9 Å². The number of nitrogens with one attached hydrogen (secondary N) is 1.